The summed E-state index contributed by atoms with van der Waals surface area (Å²) in [5, 5.41) is 15.5. The Kier molecular flexibility index (Phi) is 9.18. The number of aryl methyl sites for hydroxylation is 1. The second-order valence-corrected chi connectivity index (χ2v) is 10.0. The Labute approximate surface area is 220 Å². The molecule has 1 heterocycles. The molecule has 2 aromatic carbocycles. The molecule has 0 saturated carbocycles. The Morgan fingerprint density at radius 2 is 2.00 bits per heavy atom. The summed E-state index contributed by atoms with van der Waals surface area (Å²) < 4.78 is 2.79. The smallest absolute Gasteiger partial charge is 0.253 e. The molecule has 0 radical (unpaired) electrons. The van der Waals surface area contributed by atoms with Gasteiger partial charge in [0.25, 0.3) is 5.91 Å². The number of rotatable bonds is 9. The van der Waals surface area contributed by atoms with E-state index in [-0.39, 0.29) is 22.6 Å². The summed E-state index contributed by atoms with van der Waals surface area (Å²) in [4.78, 5) is 25.1. The van der Waals surface area contributed by atoms with Gasteiger partial charge >= 0.3 is 0 Å². The number of carbonyl (C=O) groups is 2. The Morgan fingerprint density at radius 1 is 1.24 bits per heavy atom. The number of anilines is 1. The molecule has 0 fully saturated rings. The van der Waals surface area contributed by atoms with Crippen molar-refractivity contribution >= 4 is 68.4 Å². The molecule has 0 aliphatic rings. The molecule has 0 saturated heterocycles. The minimum Gasteiger partial charge on any atom is -0.342 e. The lowest BCUT2D eigenvalue weighted by atomic mass is 10.2. The predicted molar refractivity (Wildman–Crippen MR) is 141 cm³/mol. The Bertz CT molecular complexity index is 1230. The van der Waals surface area contributed by atoms with Crippen LogP contribution in [-0.2, 0) is 11.3 Å². The lowest BCUT2D eigenvalue weighted by Crippen LogP contribution is -2.29. The van der Waals surface area contributed by atoms with Crippen LogP contribution in [0.25, 0.3) is 0 Å². The number of benzene rings is 2. The van der Waals surface area contributed by atoms with Crippen molar-refractivity contribution in [3.63, 3.8) is 0 Å². The molecule has 0 aliphatic heterocycles. The Hall–Kier alpha value is -2.33. The Morgan fingerprint density at radius 3 is 2.68 bits per heavy atom. The number of halogens is 3. The lowest BCUT2D eigenvalue weighted by molar-refractivity contribution is -0.113. The van der Waals surface area contributed by atoms with E-state index in [2.05, 4.69) is 43.3 Å². The molecule has 178 valence electrons. The fourth-order valence-electron chi connectivity index (χ4n) is 3.09. The summed E-state index contributed by atoms with van der Waals surface area (Å²) in [6.07, 6.45) is 1.70. The molecule has 3 rings (SSSR count). The normalized spacial score (nSPS) is 11.7. The maximum absolute atomic E-state index is 12.7. The van der Waals surface area contributed by atoms with Crippen LogP contribution in [0, 0.1) is 6.92 Å². The minimum absolute atomic E-state index is 0.144. The second-order valence-electron chi connectivity index (χ2n) is 7.36. The quantitative estimate of drug-likeness (QED) is 0.236. The zero-order chi connectivity index (χ0) is 24.8. The zero-order valence-corrected chi connectivity index (χ0v) is 22.4. The van der Waals surface area contributed by atoms with E-state index in [0.717, 1.165) is 15.7 Å². The van der Waals surface area contributed by atoms with E-state index < -0.39 is 6.04 Å². The van der Waals surface area contributed by atoms with Crippen molar-refractivity contribution in [2.24, 2.45) is 0 Å². The SMILES string of the molecule is C=CCn1c(SCC(=O)Nc2ccc(Br)c(C)c2)nnc1[C@@H](C)NC(=O)c1ccc(Cl)cc1Cl. The minimum atomic E-state index is -0.472. The molecule has 7 nitrogen and oxygen atoms in total. The van der Waals surface area contributed by atoms with Crippen LogP contribution < -0.4 is 10.6 Å². The third-order valence-corrected chi connectivity index (χ3v) is 7.15. The molecule has 0 bridgehead atoms. The predicted octanol–water partition coefficient (Wildman–Crippen LogP) is 6.06. The van der Waals surface area contributed by atoms with Crippen molar-refractivity contribution in [3.05, 3.63) is 80.5 Å². The van der Waals surface area contributed by atoms with E-state index in [9.17, 15) is 9.59 Å². The summed E-state index contributed by atoms with van der Waals surface area (Å²) in [7, 11) is 0. The van der Waals surface area contributed by atoms with Gasteiger partial charge in [-0.15, -0.1) is 16.8 Å². The van der Waals surface area contributed by atoms with Crippen molar-refractivity contribution in [1.82, 2.24) is 20.1 Å². The maximum Gasteiger partial charge on any atom is 0.253 e. The summed E-state index contributed by atoms with van der Waals surface area (Å²) in [5.74, 6) is 0.150. The highest BCUT2D eigenvalue weighted by Gasteiger charge is 2.21. The van der Waals surface area contributed by atoms with E-state index in [4.69, 9.17) is 23.2 Å². The highest BCUT2D eigenvalue weighted by Crippen LogP contribution is 2.24. The second kappa shape index (κ2) is 11.9. The molecule has 0 unspecified atom stereocenters. The van der Waals surface area contributed by atoms with Gasteiger partial charge in [-0.25, -0.2) is 0 Å². The van der Waals surface area contributed by atoms with Gasteiger partial charge in [-0.3, -0.25) is 9.59 Å². The van der Waals surface area contributed by atoms with Crippen LogP contribution in [0.2, 0.25) is 10.0 Å². The highest BCUT2D eigenvalue weighted by molar-refractivity contribution is 9.10. The fourth-order valence-corrected chi connectivity index (χ4v) is 4.59. The molecule has 0 aliphatic carbocycles. The molecule has 2 N–H and O–H groups in total. The van der Waals surface area contributed by atoms with Crippen LogP contribution in [0.3, 0.4) is 0 Å². The van der Waals surface area contributed by atoms with E-state index >= 15 is 0 Å². The molecular weight excluding hydrogens is 561 g/mol. The molecule has 2 amide bonds. The van der Waals surface area contributed by atoms with Crippen LogP contribution in [-0.4, -0.2) is 32.3 Å². The fraction of sp³-hybridized carbons (Fsp3) is 0.217. The van der Waals surface area contributed by atoms with Gasteiger partial charge in [-0.2, -0.15) is 0 Å². The summed E-state index contributed by atoms with van der Waals surface area (Å²) in [6.45, 7) is 7.95. The molecule has 11 heteroatoms. The monoisotopic (exact) mass is 581 g/mol. The number of aromatic nitrogens is 3. The first-order chi connectivity index (χ1) is 16.2. The highest BCUT2D eigenvalue weighted by atomic mass is 79.9. The molecule has 3 aromatic rings. The first-order valence-corrected chi connectivity index (χ1v) is 12.7. The van der Waals surface area contributed by atoms with E-state index in [1.54, 1.807) is 25.1 Å². The van der Waals surface area contributed by atoms with Gasteiger partial charge in [0, 0.05) is 21.7 Å². The molecule has 1 aromatic heterocycles. The largest absolute Gasteiger partial charge is 0.342 e. The first kappa shape index (κ1) is 26.3. The number of hydrogen-bond donors (Lipinski definition) is 2. The molecule has 0 spiro atoms. The van der Waals surface area contributed by atoms with Crippen LogP contribution >= 0.6 is 50.9 Å². The van der Waals surface area contributed by atoms with Crippen LogP contribution in [0.1, 0.15) is 34.7 Å². The molecular formula is C23H22BrCl2N5O2S. The van der Waals surface area contributed by atoms with Crippen molar-refractivity contribution in [3.8, 4) is 0 Å². The standard InChI is InChI=1S/C23H22BrCl2N5O2S/c1-4-9-31-21(14(3)27-22(33)17-7-5-15(25)11-19(17)26)29-30-23(31)34-12-20(32)28-16-6-8-18(24)13(2)10-16/h4-8,10-11,14H,1,9,12H2,2-3H3,(H,27,33)(H,28,32)/t14-/m1/s1. The number of thioether (sulfide) groups is 1. The van der Waals surface area contributed by atoms with Crippen molar-refractivity contribution in [2.75, 3.05) is 11.1 Å². The van der Waals surface area contributed by atoms with Gasteiger partial charge in [0.1, 0.15) is 0 Å². The third-order valence-electron chi connectivity index (χ3n) is 4.74. The lowest BCUT2D eigenvalue weighted by Gasteiger charge is -2.16. The molecule has 1 atom stereocenters. The van der Waals surface area contributed by atoms with Crippen LogP contribution in [0.15, 0.2) is 58.7 Å². The van der Waals surface area contributed by atoms with Gasteiger partial charge < -0.3 is 15.2 Å². The average Bonchev–Trinajstić information content (AvgIpc) is 3.17. The van der Waals surface area contributed by atoms with Gasteiger partial charge in [0.2, 0.25) is 5.91 Å². The number of hydrogen-bond acceptors (Lipinski definition) is 5. The average molecular weight is 583 g/mol. The topological polar surface area (TPSA) is 88.9 Å². The zero-order valence-electron chi connectivity index (χ0n) is 18.4. The van der Waals surface area contributed by atoms with Gasteiger partial charge in [0.15, 0.2) is 11.0 Å². The molecule has 34 heavy (non-hydrogen) atoms. The van der Waals surface area contributed by atoms with E-state index in [1.165, 1.54) is 17.8 Å². The van der Waals surface area contributed by atoms with E-state index in [0.29, 0.717) is 28.1 Å². The number of amides is 2. The van der Waals surface area contributed by atoms with Gasteiger partial charge in [-0.05, 0) is 55.8 Å². The first-order valence-electron chi connectivity index (χ1n) is 10.2. The number of nitrogens with zero attached hydrogens (tertiary/aromatic N) is 3. The maximum atomic E-state index is 12.7. The van der Waals surface area contributed by atoms with Crippen molar-refractivity contribution in [1.29, 1.82) is 0 Å². The number of carbonyl (C=O) groups excluding carboxylic acids is 2. The van der Waals surface area contributed by atoms with Gasteiger partial charge in [0.05, 0.1) is 22.4 Å². The van der Waals surface area contributed by atoms with Crippen molar-refractivity contribution in [2.45, 2.75) is 31.6 Å². The van der Waals surface area contributed by atoms with Gasteiger partial charge in [-0.1, -0.05) is 57.0 Å². The van der Waals surface area contributed by atoms with Crippen molar-refractivity contribution < 1.29 is 9.59 Å². The van der Waals surface area contributed by atoms with E-state index in [1.807, 2.05) is 29.7 Å². The van der Waals surface area contributed by atoms with Crippen LogP contribution in [0.4, 0.5) is 5.69 Å². The summed E-state index contributed by atoms with van der Waals surface area (Å²) >= 11 is 16.8. The summed E-state index contributed by atoms with van der Waals surface area (Å²) in [6, 6.07) is 9.81. The third kappa shape index (κ3) is 6.63. The number of nitrogens with one attached hydrogen (secondary N) is 2. The summed E-state index contributed by atoms with van der Waals surface area (Å²) in [5.41, 5.74) is 2.05. The van der Waals surface area contributed by atoms with Crippen LogP contribution in [0.5, 0.6) is 0 Å². The number of allylic oxidation sites excluding steroid dienone is 1. The Balaban J connectivity index is 1.68.